The number of ether oxygens (including phenoxy) is 5. The third-order valence-corrected chi connectivity index (χ3v) is 47.0. The van der Waals surface area contributed by atoms with Crippen molar-refractivity contribution in [1.82, 2.24) is 20.6 Å². The Balaban J connectivity index is 0.000000211. The van der Waals surface area contributed by atoms with E-state index in [1.54, 1.807) is 36.7 Å². The number of aliphatic hydroxyl groups is 2. The quantitative estimate of drug-likeness (QED) is 0.0138. The lowest BCUT2D eigenvalue weighted by atomic mass is 9.33. The van der Waals surface area contributed by atoms with E-state index in [1.807, 2.05) is 0 Å². The number of nitrogens with one attached hydrogen (secondary N) is 2. The maximum atomic E-state index is 14.2. The highest BCUT2D eigenvalue weighted by Gasteiger charge is 2.74. The first-order valence-corrected chi connectivity index (χ1v) is 61.5. The number of rotatable bonds is 37. The number of carbonyl (C=O) groups is 4. The van der Waals surface area contributed by atoms with Crippen LogP contribution < -0.4 is 20.1 Å². The molecule has 0 saturated heterocycles. The van der Waals surface area contributed by atoms with Crippen LogP contribution in [-0.4, -0.2) is 150 Å². The third kappa shape index (κ3) is 23.2. The first kappa shape index (κ1) is 116. The summed E-state index contributed by atoms with van der Waals surface area (Å²) in [6.07, 6.45) is 57.0. The number of fused-ring (bicyclic) bond motifs is 14. The van der Waals surface area contributed by atoms with Crippen LogP contribution in [0.2, 0.25) is 0 Å². The number of carboxylic acids is 1. The van der Waals surface area contributed by atoms with Gasteiger partial charge in [-0.2, -0.15) is 10.5 Å². The molecule has 0 bridgehead atoms. The topological polar surface area (TPSA) is 341 Å². The number of carboxylic acid groups (broad SMARTS) is 1. The first-order valence-electron chi connectivity index (χ1n) is 57.1. The number of nitriles is 2. The van der Waals surface area contributed by atoms with Gasteiger partial charge in [0, 0.05) is 48.8 Å². The summed E-state index contributed by atoms with van der Waals surface area (Å²) >= 11 is 5.22. The van der Waals surface area contributed by atoms with Gasteiger partial charge in [0.1, 0.15) is 67.0 Å². The van der Waals surface area contributed by atoms with E-state index in [4.69, 9.17) is 30.5 Å². The van der Waals surface area contributed by atoms with E-state index in [0.29, 0.717) is 186 Å². The van der Waals surface area contributed by atoms with Crippen LogP contribution in [0.25, 0.3) is 0 Å². The fourth-order valence-electron chi connectivity index (χ4n) is 34.8. The molecule has 0 amide bonds. The van der Waals surface area contributed by atoms with Gasteiger partial charge in [-0.25, -0.2) is 26.8 Å². The lowest BCUT2D eigenvalue weighted by molar-refractivity contribution is -0.221. The molecule has 25 heteroatoms. The van der Waals surface area contributed by atoms with Crippen LogP contribution in [-0.2, 0) is 53.1 Å². The van der Waals surface area contributed by atoms with Gasteiger partial charge in [-0.3, -0.25) is 19.2 Å². The Morgan fingerprint density at radius 1 is 0.476 bits per heavy atom. The molecule has 147 heavy (non-hydrogen) atoms. The molecule has 0 unspecified atom stereocenters. The Bertz CT molecular complexity index is 5520. The summed E-state index contributed by atoms with van der Waals surface area (Å²) in [5, 5.41) is 60.8. The number of esters is 3. The van der Waals surface area contributed by atoms with Crippen LogP contribution in [0.5, 0.6) is 11.8 Å². The molecule has 2 heterocycles. The van der Waals surface area contributed by atoms with Crippen molar-refractivity contribution in [3.8, 4) is 23.9 Å². The minimum absolute atomic E-state index is 0.0142. The number of aliphatic carboxylic acids is 1. The van der Waals surface area contributed by atoms with Gasteiger partial charge in [-0.05, 0) is 407 Å². The van der Waals surface area contributed by atoms with Gasteiger partial charge in [0.2, 0.25) is 18.6 Å². The molecule has 0 aromatic carbocycles. The molecule has 22 nitrogen and oxygen atoms in total. The van der Waals surface area contributed by atoms with E-state index in [9.17, 15) is 61.9 Å². The molecule has 0 spiro atoms. The number of hydrogen-bond donors (Lipinski definition) is 5. The van der Waals surface area contributed by atoms with Gasteiger partial charge in [0.15, 0.2) is 6.07 Å². The zero-order valence-corrected chi connectivity index (χ0v) is 94.9. The predicted molar refractivity (Wildman–Crippen MR) is 581 cm³/mol. The molecule has 5 N–H and O–H groups in total. The Morgan fingerprint density at radius 3 is 1.25 bits per heavy atom. The van der Waals surface area contributed by atoms with Gasteiger partial charge >= 0.3 is 23.9 Å². The van der Waals surface area contributed by atoms with Crippen molar-refractivity contribution < 1.29 is 75.0 Å². The number of sulfone groups is 2. The molecule has 2 aromatic rings. The summed E-state index contributed by atoms with van der Waals surface area (Å²) in [4.78, 5) is 58.8. The SMILES string of the molecule is C=C(C)[C@@H]1CC[C@]2(NCCC3(O)CCC(S(C)(=O)=O)CC3)CC[C@]3(C)[C@H](CC[C@@H]4[C@@]5(C)CC=C(C6=CC[C@@](COc7ncccc7C#N)(C(=O)O)CC6)C(C)(C)[C@@H]5CC[C@]43C)[C@@H]12.C=C(C)[C@@H]1CC[C@]2(NCCC3(O)CCC(S(C)(=O)=O)CC3)CC[C@]3(C)[C@H](CC[C@@H]4[C@@]5(C)CC=C(C6=CC[C@@](COc7ncccc7C#N)(C(=O)OCOC(=O)CCCCCCC)CC6)C(C)(C)[C@@H]5CC[C@]43C)[C@@H]12.CCCCCCCC(=O)OCCl. The molecule has 2 aromatic heterocycles. The number of hydrogen-bond acceptors (Lipinski definition) is 21. The first-order chi connectivity index (χ1) is 69.4. The van der Waals surface area contributed by atoms with Crippen molar-refractivity contribution in [2.75, 3.05) is 51.7 Å². The van der Waals surface area contributed by atoms with Gasteiger partial charge < -0.3 is 49.6 Å². The smallest absolute Gasteiger partial charge is 0.318 e. The summed E-state index contributed by atoms with van der Waals surface area (Å²) in [7, 11) is -6.17. The Hall–Kier alpha value is -6.77. The van der Waals surface area contributed by atoms with E-state index in [1.165, 1.54) is 136 Å². The standard InChI is InChI=1S/C61H91N3O8S.C52H75N3O6S.C9H17ClO2/c1-10-11-12-13-14-17-51(65)71-41-72-54(66)59(40-70-53-44(39-62)16-15-37-63-53)29-20-43(21-30-59)47-25-27-56(6)49(55(47,4)5)26-28-58(8)50(56)19-18-48-52-46(42(2)3)24-33-61(52,35-34-57(48,58)7)64-38-36-60(67)31-22-45(23-32-60)73(9,68)69;1-34(2)38-17-26-52(55-31-29-51(58)24-15-37(16-25-51)62(8,59)60)28-27-48(6)40(43(38)52)11-12-42-47(5)20-18-39(46(3,4)41(47)19-21-49(42,48)7)35-13-22-50(23-14-35,45(56)57)33-61-44-36(32-53)10-9-30-54-44;1-2-3-4-5-6-7-9(11)12-8-10/h15-16,20,25,37,45-46,48-50,52,64,67H,2,10-14,17-19,21-24,26-36,38,40-41H2,1,3-9H3;9-10,13,18,30,37-38,40-43,55,58H,1,11-12,14-17,19-29,31,33H2,2-8H3,(H,56,57);2-8H2,1H3/t45?,46-,48+,49-,50+,52+,56-,57+,58+,59+,60?,61-;37?,38-,40+,41-,42+,43+,47-,48+,49+,50+,51?,52-;/m00./s1. The van der Waals surface area contributed by atoms with Crippen LogP contribution in [0.15, 0.2) is 108 Å². The molecule has 10 fully saturated rings. The molecule has 14 aliphatic rings. The second-order valence-corrected chi connectivity index (χ2v) is 56.8. The van der Waals surface area contributed by atoms with Crippen molar-refractivity contribution in [1.29, 1.82) is 10.5 Å². The van der Waals surface area contributed by atoms with Crippen molar-refractivity contribution >= 4 is 55.2 Å². The van der Waals surface area contributed by atoms with Gasteiger partial charge in [-0.15, -0.1) is 0 Å². The van der Waals surface area contributed by atoms with Crippen LogP contribution in [0.4, 0.5) is 0 Å². The number of carbonyl (C=O) groups excluding carboxylic acids is 3. The fraction of sp³-hybridized carbons (Fsp3) is 0.770. The van der Waals surface area contributed by atoms with E-state index < -0.39 is 60.4 Å². The van der Waals surface area contributed by atoms with Crippen molar-refractivity contribution in [3.63, 3.8) is 0 Å². The second-order valence-electron chi connectivity index (χ2n) is 51.9. The highest BCUT2D eigenvalue weighted by molar-refractivity contribution is 7.91. The largest absolute Gasteiger partial charge is 0.481 e. The molecule has 0 radical (unpaired) electrons. The molecule has 0 aliphatic heterocycles. The van der Waals surface area contributed by atoms with Crippen LogP contribution in [0, 0.1) is 136 Å². The number of pyridine rings is 2. The lowest BCUT2D eigenvalue weighted by Crippen LogP contribution is -2.68. The summed E-state index contributed by atoms with van der Waals surface area (Å²) in [5.41, 5.74) is 5.88. The molecule has 10 saturated carbocycles. The van der Waals surface area contributed by atoms with Crippen LogP contribution >= 0.6 is 11.6 Å². The number of alkyl halides is 1. The maximum Gasteiger partial charge on any atom is 0.318 e. The summed E-state index contributed by atoms with van der Waals surface area (Å²) in [6, 6.07) is 10.9. The second kappa shape index (κ2) is 46.1. The average molecular weight is 2090 g/mol. The molecular formula is C122H183ClN6O16S2. The number of allylic oxidation sites excluding steroid dienone is 10. The van der Waals surface area contributed by atoms with E-state index in [-0.39, 0.29) is 108 Å². The predicted octanol–water partition coefficient (Wildman–Crippen LogP) is 25.7. The highest BCUT2D eigenvalue weighted by atomic mass is 35.5. The summed E-state index contributed by atoms with van der Waals surface area (Å²) < 4.78 is 76.9. The number of halogens is 1. The molecule has 14 aliphatic carbocycles. The van der Waals surface area contributed by atoms with E-state index in [0.717, 1.165) is 103 Å². The Morgan fingerprint density at radius 2 is 0.878 bits per heavy atom. The number of aromatic nitrogens is 2. The van der Waals surface area contributed by atoms with E-state index >= 15 is 0 Å². The molecule has 816 valence electrons. The van der Waals surface area contributed by atoms with Gasteiger partial charge in [0.25, 0.3) is 0 Å². The molecule has 16 rings (SSSR count). The fourth-order valence-corrected chi connectivity index (χ4v) is 37.1. The summed E-state index contributed by atoms with van der Waals surface area (Å²) in [6.45, 7) is 45.0. The minimum Gasteiger partial charge on any atom is -0.481 e. The van der Waals surface area contributed by atoms with E-state index in [2.05, 4.69) is 172 Å². The Kier molecular flexibility index (Phi) is 36.3. The summed E-state index contributed by atoms with van der Waals surface area (Å²) in [5.74, 6) is 3.86. The lowest BCUT2D eigenvalue weighted by Gasteiger charge is -2.72. The maximum absolute atomic E-state index is 14.2. The Labute approximate surface area is 888 Å². The molecular weight excluding hydrogens is 1900 g/mol. The minimum atomic E-state index is -3.09. The molecule has 20 atom stereocenters. The van der Waals surface area contributed by atoms with Crippen molar-refractivity contribution in [2.24, 2.45) is 113 Å². The highest BCUT2D eigenvalue weighted by Crippen LogP contribution is 2.80. The van der Waals surface area contributed by atoms with Crippen molar-refractivity contribution in [3.05, 3.63) is 119 Å². The van der Waals surface area contributed by atoms with Gasteiger partial charge in [0.05, 0.1) is 21.7 Å². The van der Waals surface area contributed by atoms with Crippen molar-refractivity contribution in [2.45, 2.75) is 425 Å². The third-order valence-electron chi connectivity index (χ3n) is 43.5. The van der Waals surface area contributed by atoms with Crippen LogP contribution in [0.1, 0.15) is 403 Å². The monoisotopic (exact) mass is 2090 g/mol. The number of unbranched alkanes of at least 4 members (excludes halogenated alkanes) is 8. The average Bonchev–Trinajstić information content (AvgIpc) is 1.67. The number of nitrogens with zero attached hydrogens (tertiary/aromatic N) is 4. The zero-order chi connectivity index (χ0) is 107. The normalized spacial score (nSPS) is 37.4. The van der Waals surface area contributed by atoms with Crippen LogP contribution in [0.3, 0.4) is 0 Å². The van der Waals surface area contributed by atoms with Gasteiger partial charge in [-0.1, -0.05) is 195 Å². The zero-order valence-electron chi connectivity index (χ0n) is 92.5.